The van der Waals surface area contributed by atoms with E-state index in [0.29, 0.717) is 22.8 Å². The summed E-state index contributed by atoms with van der Waals surface area (Å²) in [5.74, 6) is -0.164. The molecule has 0 saturated heterocycles. The number of carbonyl (C=O) groups excluding carboxylic acids is 1. The molecule has 2 aromatic rings. The summed E-state index contributed by atoms with van der Waals surface area (Å²) < 4.78 is 10.2. The molecule has 0 aliphatic rings. The summed E-state index contributed by atoms with van der Waals surface area (Å²) in [7, 11) is 2.95. The van der Waals surface area contributed by atoms with Gasteiger partial charge in [-0.15, -0.1) is 0 Å². The molecule has 132 valence electrons. The van der Waals surface area contributed by atoms with Crippen LogP contribution in [0.25, 0.3) is 0 Å². The Hall–Kier alpha value is -3.57. The number of rotatable bonds is 7. The van der Waals surface area contributed by atoms with Gasteiger partial charge in [0.25, 0.3) is 5.91 Å². The zero-order valence-electron chi connectivity index (χ0n) is 13.7. The predicted octanol–water partition coefficient (Wildman–Crippen LogP) is 0.404. The number of carbonyl (C=O) groups is 1. The van der Waals surface area contributed by atoms with E-state index in [1.54, 1.807) is 13.0 Å². The molecule has 1 amide bonds. The molecule has 12 heteroatoms. The Labute approximate surface area is 141 Å². The van der Waals surface area contributed by atoms with Gasteiger partial charge in [-0.05, 0) is 24.0 Å². The average molecular weight is 349 g/mol. The first-order valence-electron chi connectivity index (χ1n) is 6.91. The Kier molecular flexibility index (Phi) is 5.55. The summed E-state index contributed by atoms with van der Waals surface area (Å²) >= 11 is 0. The number of benzene rings is 1. The summed E-state index contributed by atoms with van der Waals surface area (Å²) in [4.78, 5) is 22.9. The summed E-state index contributed by atoms with van der Waals surface area (Å²) in [5.41, 5.74) is 3.07. The van der Waals surface area contributed by atoms with Gasteiger partial charge in [0, 0.05) is 16.8 Å². The second-order valence-electron chi connectivity index (χ2n) is 4.77. The Bertz CT molecular complexity index is 795. The van der Waals surface area contributed by atoms with Crippen LogP contribution in [-0.4, -0.2) is 51.0 Å². The van der Waals surface area contributed by atoms with Gasteiger partial charge < -0.3 is 19.6 Å². The Balaban J connectivity index is 2.04. The van der Waals surface area contributed by atoms with Gasteiger partial charge in [0.05, 0.1) is 30.1 Å². The van der Waals surface area contributed by atoms with Crippen LogP contribution in [0.2, 0.25) is 0 Å². The van der Waals surface area contributed by atoms with E-state index in [2.05, 4.69) is 25.9 Å². The molecule has 0 bridgehead atoms. The molecule has 2 rings (SSSR count). The minimum atomic E-state index is -0.756. The molecule has 1 aromatic carbocycles. The van der Waals surface area contributed by atoms with Crippen LogP contribution in [0, 0.1) is 10.1 Å². The number of nitrogens with zero attached hydrogens (tertiary/aromatic N) is 6. The Morgan fingerprint density at radius 1 is 1.32 bits per heavy atom. The van der Waals surface area contributed by atoms with E-state index >= 15 is 0 Å². The number of aromatic nitrogens is 4. The van der Waals surface area contributed by atoms with Crippen LogP contribution in [-0.2, 0) is 6.54 Å². The summed E-state index contributed by atoms with van der Waals surface area (Å²) in [5, 5.41) is 24.7. The molecule has 1 N–H and O–H groups in total. The number of hydrogen-bond acceptors (Lipinski definition) is 9. The molecule has 0 fully saturated rings. The fraction of sp³-hybridized carbons (Fsp3) is 0.308. The zero-order chi connectivity index (χ0) is 18.4. The van der Waals surface area contributed by atoms with Crippen molar-refractivity contribution in [1.29, 1.82) is 0 Å². The van der Waals surface area contributed by atoms with Crippen LogP contribution < -0.4 is 14.9 Å². The number of nitrogens with one attached hydrogen (secondary N) is 1. The van der Waals surface area contributed by atoms with Crippen molar-refractivity contribution in [1.82, 2.24) is 25.6 Å². The van der Waals surface area contributed by atoms with E-state index in [9.17, 15) is 14.9 Å². The van der Waals surface area contributed by atoms with Crippen molar-refractivity contribution in [2.24, 2.45) is 5.10 Å². The molecule has 12 nitrogen and oxygen atoms in total. The van der Waals surface area contributed by atoms with E-state index in [1.165, 1.54) is 26.4 Å². The van der Waals surface area contributed by atoms with Crippen molar-refractivity contribution < 1.29 is 19.2 Å². The monoisotopic (exact) mass is 349 g/mol. The largest absolute Gasteiger partial charge is 0.514 e. The summed E-state index contributed by atoms with van der Waals surface area (Å²) in [6, 6.07) is 4.70. The third kappa shape index (κ3) is 4.70. The van der Waals surface area contributed by atoms with Crippen molar-refractivity contribution >= 4 is 17.6 Å². The quantitative estimate of drug-likeness (QED) is 0.429. The predicted molar refractivity (Wildman–Crippen MR) is 84.6 cm³/mol. The topological polar surface area (TPSA) is 147 Å². The average Bonchev–Trinajstić information content (AvgIpc) is 3.07. The number of methoxy groups -OCH3 is 2. The second-order valence-corrected chi connectivity index (χ2v) is 4.77. The van der Waals surface area contributed by atoms with Gasteiger partial charge in [-0.1, -0.05) is 4.80 Å². The standard InChI is InChI=1S/C13H15N7O5/c1-8(7-19-17-13(16-18-19)20(22)23)14-15-12(21)9-4-10(24-2)6-11(5-9)25-3/h4-6H,7H2,1-3H3,(H,15,21)/b14-8-. The van der Waals surface area contributed by atoms with Crippen molar-refractivity contribution in [2.45, 2.75) is 13.5 Å². The van der Waals surface area contributed by atoms with E-state index in [-0.39, 0.29) is 6.54 Å². The molecular weight excluding hydrogens is 334 g/mol. The SMILES string of the molecule is COc1cc(OC)cc(C(=O)N/N=C(/C)Cn2nnc([N+](=O)[O-])n2)c1. The maximum Gasteiger partial charge on any atom is 0.514 e. The van der Waals surface area contributed by atoms with Gasteiger partial charge in [0.15, 0.2) is 0 Å². The normalized spacial score (nSPS) is 11.1. The van der Waals surface area contributed by atoms with Gasteiger partial charge in [-0.25, -0.2) is 5.43 Å². The third-order valence-corrected chi connectivity index (χ3v) is 2.94. The number of hydrogen-bond donors (Lipinski definition) is 1. The maximum absolute atomic E-state index is 12.2. The molecule has 25 heavy (non-hydrogen) atoms. The van der Waals surface area contributed by atoms with Gasteiger partial charge in [0.2, 0.25) is 0 Å². The van der Waals surface area contributed by atoms with Crippen LogP contribution in [0.4, 0.5) is 5.95 Å². The lowest BCUT2D eigenvalue weighted by Crippen LogP contribution is -2.21. The molecule has 0 spiro atoms. The second kappa shape index (κ2) is 7.81. The van der Waals surface area contributed by atoms with Gasteiger partial charge in [-0.2, -0.15) is 5.10 Å². The first-order valence-corrected chi connectivity index (χ1v) is 6.91. The minimum absolute atomic E-state index is 0.0303. The van der Waals surface area contributed by atoms with Crippen LogP contribution in [0.5, 0.6) is 11.5 Å². The lowest BCUT2D eigenvalue weighted by Gasteiger charge is -2.07. The molecular formula is C13H15N7O5. The molecule has 1 aromatic heterocycles. The summed E-state index contributed by atoms with van der Waals surface area (Å²) in [6.45, 7) is 1.63. The van der Waals surface area contributed by atoms with Crippen LogP contribution in [0.15, 0.2) is 23.3 Å². The molecule has 0 aliphatic heterocycles. The van der Waals surface area contributed by atoms with E-state index in [4.69, 9.17) is 9.47 Å². The Morgan fingerprint density at radius 2 is 1.96 bits per heavy atom. The fourth-order valence-electron chi connectivity index (χ4n) is 1.76. The van der Waals surface area contributed by atoms with E-state index < -0.39 is 16.8 Å². The number of tetrazole rings is 1. The lowest BCUT2D eigenvalue weighted by molar-refractivity contribution is -0.394. The van der Waals surface area contributed by atoms with Crippen LogP contribution >= 0.6 is 0 Å². The molecule has 0 saturated carbocycles. The van der Waals surface area contributed by atoms with Gasteiger partial charge >= 0.3 is 5.95 Å². The van der Waals surface area contributed by atoms with Crippen molar-refractivity contribution in [3.8, 4) is 11.5 Å². The smallest absolute Gasteiger partial charge is 0.497 e. The highest BCUT2D eigenvalue weighted by molar-refractivity contribution is 5.96. The van der Waals surface area contributed by atoms with E-state index in [0.717, 1.165) is 4.80 Å². The van der Waals surface area contributed by atoms with Crippen LogP contribution in [0.1, 0.15) is 17.3 Å². The fourth-order valence-corrected chi connectivity index (χ4v) is 1.76. The van der Waals surface area contributed by atoms with Crippen molar-refractivity contribution in [2.75, 3.05) is 14.2 Å². The number of nitro groups is 1. The van der Waals surface area contributed by atoms with Crippen molar-refractivity contribution in [3.63, 3.8) is 0 Å². The number of hydrazone groups is 1. The van der Waals surface area contributed by atoms with Gasteiger partial charge in [0.1, 0.15) is 18.0 Å². The highest BCUT2D eigenvalue weighted by Gasteiger charge is 2.16. The highest BCUT2D eigenvalue weighted by Crippen LogP contribution is 2.22. The Morgan fingerprint density at radius 3 is 2.48 bits per heavy atom. The maximum atomic E-state index is 12.2. The molecule has 0 aliphatic carbocycles. The first-order chi connectivity index (χ1) is 11.9. The van der Waals surface area contributed by atoms with Crippen molar-refractivity contribution in [3.05, 3.63) is 33.9 Å². The summed E-state index contributed by atoms with van der Waals surface area (Å²) in [6.07, 6.45) is 0. The first kappa shape index (κ1) is 17.8. The molecule has 0 radical (unpaired) electrons. The molecule has 0 unspecified atom stereocenters. The third-order valence-electron chi connectivity index (χ3n) is 2.94. The highest BCUT2D eigenvalue weighted by atomic mass is 16.6. The van der Waals surface area contributed by atoms with E-state index in [1.807, 2.05) is 0 Å². The van der Waals surface area contributed by atoms with Gasteiger partial charge in [-0.3, -0.25) is 4.79 Å². The zero-order valence-corrected chi connectivity index (χ0v) is 13.7. The lowest BCUT2D eigenvalue weighted by atomic mass is 10.2. The molecule has 0 atom stereocenters. The molecule has 1 heterocycles. The number of amides is 1. The number of ether oxygens (including phenoxy) is 2. The van der Waals surface area contributed by atoms with Crippen LogP contribution in [0.3, 0.4) is 0 Å². The minimum Gasteiger partial charge on any atom is -0.497 e.